The van der Waals surface area contributed by atoms with Crippen molar-refractivity contribution in [2.45, 2.75) is 6.92 Å². The summed E-state index contributed by atoms with van der Waals surface area (Å²) in [4.78, 5) is 40.4. The first-order chi connectivity index (χ1) is 14.0. The van der Waals surface area contributed by atoms with Crippen molar-refractivity contribution in [1.29, 1.82) is 0 Å². The van der Waals surface area contributed by atoms with Crippen LogP contribution in [0.5, 0.6) is 0 Å². The Morgan fingerprint density at radius 1 is 1.00 bits per heavy atom. The largest absolute Gasteiger partial charge is 0.462 e. The van der Waals surface area contributed by atoms with Gasteiger partial charge in [-0.2, -0.15) is 0 Å². The van der Waals surface area contributed by atoms with Gasteiger partial charge in [0.15, 0.2) is 0 Å². The van der Waals surface area contributed by atoms with Crippen molar-refractivity contribution in [3.8, 4) is 0 Å². The fourth-order valence-corrected chi connectivity index (χ4v) is 3.12. The molecule has 8 heteroatoms. The summed E-state index contributed by atoms with van der Waals surface area (Å²) in [5.74, 6) is -2.34. The molecule has 7 nitrogen and oxygen atoms in total. The number of esters is 1. The third-order valence-electron chi connectivity index (χ3n) is 4.62. The number of hydrogen-bond acceptors (Lipinski definition) is 5. The fourth-order valence-electron chi connectivity index (χ4n) is 3.12. The number of halogens is 1. The smallest absolute Gasteiger partial charge is 0.340 e. The molecule has 2 aromatic rings. The number of ether oxygens (including phenoxy) is 1. The minimum atomic E-state index is -0.808. The van der Waals surface area contributed by atoms with E-state index in [1.807, 2.05) is 4.90 Å². The Morgan fingerprint density at radius 2 is 1.66 bits per heavy atom. The lowest BCUT2D eigenvalue weighted by molar-refractivity contribution is -0.143. The molecule has 0 atom stereocenters. The third kappa shape index (κ3) is 4.90. The second kappa shape index (κ2) is 9.18. The predicted molar refractivity (Wildman–Crippen MR) is 106 cm³/mol. The zero-order valence-electron chi connectivity index (χ0n) is 16.1. The Morgan fingerprint density at radius 3 is 2.31 bits per heavy atom. The molecule has 3 rings (SSSR count). The molecule has 1 saturated heterocycles. The van der Waals surface area contributed by atoms with Crippen LogP contribution in [-0.4, -0.2) is 55.5 Å². The number of benzene rings is 2. The molecule has 1 aliphatic heterocycles. The Labute approximate surface area is 168 Å². The number of para-hydroxylation sites is 1. The molecule has 1 fully saturated rings. The molecular weight excluding hydrogens is 377 g/mol. The molecule has 2 amide bonds. The van der Waals surface area contributed by atoms with E-state index in [1.54, 1.807) is 37.3 Å². The summed E-state index contributed by atoms with van der Waals surface area (Å²) in [5, 5.41) is 2.51. The molecule has 1 heterocycles. The number of rotatable bonds is 4. The number of nitrogens with one attached hydrogen (secondary N) is 1. The highest BCUT2D eigenvalue weighted by atomic mass is 19.1. The van der Waals surface area contributed by atoms with Gasteiger partial charge in [-0.25, -0.2) is 9.18 Å². The van der Waals surface area contributed by atoms with Crippen LogP contribution in [0.4, 0.5) is 15.8 Å². The van der Waals surface area contributed by atoms with Crippen LogP contribution in [0, 0.1) is 5.82 Å². The number of carbonyl (C=O) groups excluding carboxylic acids is 3. The topological polar surface area (TPSA) is 78.9 Å². The van der Waals surface area contributed by atoms with Gasteiger partial charge in [0, 0.05) is 31.9 Å². The van der Waals surface area contributed by atoms with E-state index in [0.717, 1.165) is 5.69 Å². The van der Waals surface area contributed by atoms with Crippen molar-refractivity contribution >= 4 is 29.2 Å². The van der Waals surface area contributed by atoms with Gasteiger partial charge in [-0.05, 0) is 43.3 Å². The molecular formula is C21H22FN3O4. The minimum Gasteiger partial charge on any atom is -0.462 e. The van der Waals surface area contributed by atoms with Crippen molar-refractivity contribution in [3.05, 3.63) is 59.9 Å². The molecule has 0 spiro atoms. The van der Waals surface area contributed by atoms with Gasteiger partial charge < -0.3 is 19.9 Å². The van der Waals surface area contributed by atoms with Crippen LogP contribution in [0.1, 0.15) is 17.3 Å². The molecule has 0 bridgehead atoms. The fraction of sp³-hybridized carbons (Fsp3) is 0.286. The molecule has 152 valence electrons. The molecule has 1 aliphatic rings. The maximum Gasteiger partial charge on any atom is 0.340 e. The van der Waals surface area contributed by atoms with E-state index in [9.17, 15) is 18.8 Å². The Hall–Kier alpha value is -3.42. The molecule has 29 heavy (non-hydrogen) atoms. The van der Waals surface area contributed by atoms with Crippen LogP contribution in [0.3, 0.4) is 0 Å². The minimum absolute atomic E-state index is 0.191. The summed E-state index contributed by atoms with van der Waals surface area (Å²) in [6, 6.07) is 12.5. The van der Waals surface area contributed by atoms with Crippen LogP contribution in [0.15, 0.2) is 48.5 Å². The van der Waals surface area contributed by atoms with E-state index in [1.165, 1.54) is 23.1 Å². The van der Waals surface area contributed by atoms with Gasteiger partial charge in [-0.3, -0.25) is 9.59 Å². The van der Waals surface area contributed by atoms with Crippen molar-refractivity contribution in [1.82, 2.24) is 4.90 Å². The first-order valence-electron chi connectivity index (χ1n) is 9.36. The summed E-state index contributed by atoms with van der Waals surface area (Å²) >= 11 is 0. The van der Waals surface area contributed by atoms with Gasteiger partial charge in [-0.15, -0.1) is 0 Å². The average molecular weight is 399 g/mol. The first-order valence-corrected chi connectivity index (χ1v) is 9.36. The van der Waals surface area contributed by atoms with E-state index >= 15 is 0 Å². The second-order valence-corrected chi connectivity index (χ2v) is 6.48. The molecule has 0 radical (unpaired) electrons. The molecule has 0 unspecified atom stereocenters. The van der Waals surface area contributed by atoms with Gasteiger partial charge in [0.25, 0.3) is 0 Å². The Balaban J connectivity index is 1.60. The lowest BCUT2D eigenvalue weighted by Gasteiger charge is -2.35. The monoisotopic (exact) mass is 399 g/mol. The van der Waals surface area contributed by atoms with Crippen molar-refractivity contribution in [2.75, 3.05) is 43.0 Å². The van der Waals surface area contributed by atoms with E-state index in [2.05, 4.69) is 5.32 Å². The summed E-state index contributed by atoms with van der Waals surface area (Å²) in [5.41, 5.74) is 1.29. The van der Waals surface area contributed by atoms with E-state index in [-0.39, 0.29) is 23.7 Å². The maximum absolute atomic E-state index is 13.1. The van der Waals surface area contributed by atoms with Crippen LogP contribution in [0.25, 0.3) is 0 Å². The standard InChI is InChI=1S/C21H22FN3O4/c1-2-29-21(28)17-5-3-4-6-18(17)23-19(26)20(27)25-13-11-24(12-14-25)16-9-7-15(22)8-10-16/h3-10H,2,11-14H2,1H3,(H,23,26). The lowest BCUT2D eigenvalue weighted by atomic mass is 10.1. The van der Waals surface area contributed by atoms with E-state index < -0.39 is 17.8 Å². The normalized spacial score (nSPS) is 13.7. The lowest BCUT2D eigenvalue weighted by Crippen LogP contribution is -2.51. The number of nitrogens with zero attached hydrogens (tertiary/aromatic N) is 2. The van der Waals surface area contributed by atoms with Crippen molar-refractivity contribution in [2.24, 2.45) is 0 Å². The molecule has 1 N–H and O–H groups in total. The number of hydrogen-bond donors (Lipinski definition) is 1. The van der Waals surface area contributed by atoms with Gasteiger partial charge in [-0.1, -0.05) is 12.1 Å². The van der Waals surface area contributed by atoms with Gasteiger partial charge in [0.1, 0.15) is 5.82 Å². The van der Waals surface area contributed by atoms with Crippen molar-refractivity contribution < 1.29 is 23.5 Å². The SMILES string of the molecule is CCOC(=O)c1ccccc1NC(=O)C(=O)N1CCN(c2ccc(F)cc2)CC1. The number of carbonyl (C=O) groups is 3. The Bertz CT molecular complexity index is 893. The molecule has 0 aromatic heterocycles. The number of piperazine rings is 1. The molecule has 0 aliphatic carbocycles. The van der Waals surface area contributed by atoms with E-state index in [0.29, 0.717) is 26.2 Å². The van der Waals surface area contributed by atoms with Gasteiger partial charge in [0.2, 0.25) is 0 Å². The van der Waals surface area contributed by atoms with Crippen LogP contribution in [0.2, 0.25) is 0 Å². The highest BCUT2D eigenvalue weighted by Crippen LogP contribution is 2.18. The maximum atomic E-state index is 13.1. The second-order valence-electron chi connectivity index (χ2n) is 6.48. The predicted octanol–water partition coefficient (Wildman–Crippen LogP) is 2.29. The average Bonchev–Trinajstić information content (AvgIpc) is 2.74. The van der Waals surface area contributed by atoms with Crippen molar-refractivity contribution in [3.63, 3.8) is 0 Å². The third-order valence-corrected chi connectivity index (χ3v) is 4.62. The highest BCUT2D eigenvalue weighted by molar-refractivity contribution is 6.39. The van der Waals surface area contributed by atoms with Gasteiger partial charge in [0.05, 0.1) is 17.9 Å². The quantitative estimate of drug-likeness (QED) is 0.630. The zero-order valence-corrected chi connectivity index (χ0v) is 16.1. The first kappa shape index (κ1) is 20.3. The highest BCUT2D eigenvalue weighted by Gasteiger charge is 2.27. The van der Waals surface area contributed by atoms with E-state index in [4.69, 9.17) is 4.74 Å². The summed E-state index contributed by atoms with van der Waals surface area (Å²) in [6.07, 6.45) is 0. The zero-order chi connectivity index (χ0) is 20.8. The summed E-state index contributed by atoms with van der Waals surface area (Å²) in [6.45, 7) is 3.69. The Kier molecular flexibility index (Phi) is 6.43. The van der Waals surface area contributed by atoms with Crippen LogP contribution < -0.4 is 10.2 Å². The summed E-state index contributed by atoms with van der Waals surface area (Å²) < 4.78 is 18.0. The number of amides is 2. The molecule has 0 saturated carbocycles. The van der Waals surface area contributed by atoms with Crippen LogP contribution >= 0.6 is 0 Å². The van der Waals surface area contributed by atoms with Gasteiger partial charge >= 0.3 is 17.8 Å². The molecule has 2 aromatic carbocycles. The van der Waals surface area contributed by atoms with Crippen LogP contribution in [-0.2, 0) is 14.3 Å². The summed E-state index contributed by atoms with van der Waals surface area (Å²) in [7, 11) is 0. The number of anilines is 2.